The Kier molecular flexibility index (Phi) is 8.03. The van der Waals surface area contributed by atoms with E-state index in [-0.39, 0.29) is 0 Å². The van der Waals surface area contributed by atoms with E-state index in [1.807, 2.05) is 0 Å². The maximum atomic E-state index is 12.6. The van der Waals surface area contributed by atoms with Crippen molar-refractivity contribution in [3.05, 3.63) is 35.9 Å². The molecule has 3 aromatic rings. The molecule has 3 aliphatic rings. The first-order valence-corrected chi connectivity index (χ1v) is 16.7. The van der Waals surface area contributed by atoms with Crippen LogP contribution in [-0.2, 0) is 17.7 Å². The lowest BCUT2D eigenvalue weighted by Crippen LogP contribution is -2.36. The van der Waals surface area contributed by atoms with Crippen molar-refractivity contribution in [2.75, 3.05) is 23.0 Å². The van der Waals surface area contributed by atoms with E-state index in [4.69, 9.17) is 15.0 Å². The second-order valence-electron chi connectivity index (χ2n) is 12.4. The molecule has 0 radical (unpaired) electrons. The first-order chi connectivity index (χ1) is 19.0. The SMILES string of the molecule is C[C@@H](Nc1nc([S@+](C)[O-])nc2nc(N3CCCCC3c3ccccc3)n(C[C@H]3CC[C@H](C)CC3)c12)C1CCC1. The zero-order valence-electron chi connectivity index (χ0n) is 23.8. The van der Waals surface area contributed by atoms with Gasteiger partial charge < -0.3 is 19.3 Å². The van der Waals surface area contributed by atoms with Crippen molar-refractivity contribution in [3.8, 4) is 0 Å². The van der Waals surface area contributed by atoms with Crippen LogP contribution < -0.4 is 10.2 Å². The number of hydrogen-bond donors (Lipinski definition) is 1. The third-order valence-electron chi connectivity index (χ3n) is 9.56. The monoisotopic (exact) mass is 548 g/mol. The summed E-state index contributed by atoms with van der Waals surface area (Å²) >= 11 is -1.28. The van der Waals surface area contributed by atoms with Crippen LogP contribution in [0.1, 0.15) is 89.7 Å². The molecule has 1 N–H and O–H groups in total. The van der Waals surface area contributed by atoms with E-state index in [0.717, 1.165) is 49.1 Å². The van der Waals surface area contributed by atoms with Crippen molar-refractivity contribution in [1.82, 2.24) is 19.5 Å². The van der Waals surface area contributed by atoms with E-state index in [0.29, 0.717) is 34.7 Å². The first kappa shape index (κ1) is 26.9. The molecule has 3 heterocycles. The molecule has 3 atom stereocenters. The van der Waals surface area contributed by atoms with Crippen molar-refractivity contribution >= 4 is 34.1 Å². The van der Waals surface area contributed by atoms with Gasteiger partial charge in [-0.25, -0.2) is 0 Å². The van der Waals surface area contributed by atoms with Crippen LogP contribution in [0.25, 0.3) is 11.2 Å². The fraction of sp³-hybridized carbons (Fsp3) is 0.645. The van der Waals surface area contributed by atoms with Crippen molar-refractivity contribution in [3.63, 3.8) is 0 Å². The predicted octanol–water partition coefficient (Wildman–Crippen LogP) is 6.72. The third kappa shape index (κ3) is 5.64. The zero-order chi connectivity index (χ0) is 26.9. The van der Waals surface area contributed by atoms with Crippen molar-refractivity contribution in [2.45, 2.75) is 102 Å². The minimum absolute atomic E-state index is 0.292. The molecule has 0 amide bonds. The van der Waals surface area contributed by atoms with Crippen LogP contribution in [0.5, 0.6) is 0 Å². The average molecular weight is 549 g/mol. The summed E-state index contributed by atoms with van der Waals surface area (Å²) in [5.41, 5.74) is 3.01. The van der Waals surface area contributed by atoms with Crippen molar-refractivity contribution < 1.29 is 4.55 Å². The second kappa shape index (κ2) is 11.7. The highest BCUT2D eigenvalue weighted by molar-refractivity contribution is 7.90. The van der Waals surface area contributed by atoms with E-state index in [1.165, 1.54) is 56.9 Å². The lowest BCUT2D eigenvalue weighted by molar-refractivity contribution is 0.266. The van der Waals surface area contributed by atoms with Gasteiger partial charge in [0.25, 0.3) is 0 Å². The third-order valence-corrected chi connectivity index (χ3v) is 10.3. The highest BCUT2D eigenvalue weighted by Crippen LogP contribution is 2.40. The average Bonchev–Trinajstić information content (AvgIpc) is 3.27. The molecule has 1 aliphatic heterocycles. The number of fused-ring (bicyclic) bond motifs is 1. The molecule has 210 valence electrons. The van der Waals surface area contributed by atoms with Crippen LogP contribution in [0.3, 0.4) is 0 Å². The van der Waals surface area contributed by atoms with E-state index in [9.17, 15) is 4.55 Å². The van der Waals surface area contributed by atoms with Crippen LogP contribution in [-0.4, -0.2) is 42.9 Å². The van der Waals surface area contributed by atoms with Crippen molar-refractivity contribution in [1.29, 1.82) is 0 Å². The summed E-state index contributed by atoms with van der Waals surface area (Å²) < 4.78 is 15.1. The lowest BCUT2D eigenvalue weighted by atomic mass is 9.80. The molecule has 1 saturated heterocycles. The number of nitrogens with zero attached hydrogens (tertiary/aromatic N) is 5. The number of aromatic nitrogens is 4. The fourth-order valence-electron chi connectivity index (χ4n) is 6.86. The highest BCUT2D eigenvalue weighted by Gasteiger charge is 2.33. The van der Waals surface area contributed by atoms with Gasteiger partial charge in [0.15, 0.2) is 11.5 Å². The molecule has 39 heavy (non-hydrogen) atoms. The van der Waals surface area contributed by atoms with Gasteiger partial charge in [-0.05, 0) is 75.2 Å². The Labute approximate surface area is 236 Å². The smallest absolute Gasteiger partial charge is 0.346 e. The largest absolute Gasteiger partial charge is 0.609 e. The molecule has 2 aromatic heterocycles. The van der Waals surface area contributed by atoms with Gasteiger partial charge in [-0.1, -0.05) is 56.5 Å². The molecule has 2 aliphatic carbocycles. The minimum Gasteiger partial charge on any atom is -0.609 e. The molecule has 1 unspecified atom stereocenters. The summed E-state index contributed by atoms with van der Waals surface area (Å²) in [7, 11) is 0. The van der Waals surface area contributed by atoms with E-state index in [1.54, 1.807) is 6.26 Å². The standard InChI is InChI=1S/C31H44N6OS/c1-21-15-17-23(18-16-21)20-37-27-28(32-22(2)24-12-9-13-24)33-30(39(3)38)34-29(27)35-31(37)36-19-8-7-14-26(36)25-10-5-4-6-11-25/h4-6,10-11,21-24,26H,7-9,12-20H2,1-3H3,(H,32,33,34)/t21-,22-,23-,26?,39+/m1/s1. The molecule has 8 heteroatoms. The van der Waals surface area contributed by atoms with Crippen LogP contribution in [0.4, 0.5) is 11.8 Å². The molecule has 3 fully saturated rings. The number of benzene rings is 1. The predicted molar refractivity (Wildman–Crippen MR) is 160 cm³/mol. The van der Waals surface area contributed by atoms with E-state index >= 15 is 0 Å². The number of piperidine rings is 1. The molecule has 1 aromatic carbocycles. The number of nitrogens with one attached hydrogen (secondary N) is 1. The Morgan fingerprint density at radius 3 is 2.44 bits per heavy atom. The number of hydrogen-bond acceptors (Lipinski definition) is 6. The number of anilines is 2. The molecule has 6 rings (SSSR count). The Bertz CT molecular complexity index is 1250. The topological polar surface area (TPSA) is 81.9 Å². The summed E-state index contributed by atoms with van der Waals surface area (Å²) in [6, 6.07) is 11.5. The number of imidazole rings is 1. The second-order valence-corrected chi connectivity index (χ2v) is 13.6. The summed E-state index contributed by atoms with van der Waals surface area (Å²) in [6.07, 6.45) is 14.1. The molecule has 0 bridgehead atoms. The molecule has 2 saturated carbocycles. The molecular weight excluding hydrogens is 504 g/mol. The Hall–Kier alpha value is -2.32. The van der Waals surface area contributed by atoms with Crippen molar-refractivity contribution in [2.24, 2.45) is 17.8 Å². The molecule has 0 spiro atoms. The number of rotatable bonds is 8. The quantitative estimate of drug-likeness (QED) is 0.248. The van der Waals surface area contributed by atoms with Crippen LogP contribution in [0.2, 0.25) is 0 Å². The Balaban J connectivity index is 1.47. The normalized spacial score (nSPS) is 25.8. The van der Waals surface area contributed by atoms with Gasteiger partial charge in [-0.15, -0.1) is 0 Å². The van der Waals surface area contributed by atoms with Crippen LogP contribution in [0.15, 0.2) is 35.5 Å². The summed E-state index contributed by atoms with van der Waals surface area (Å²) in [6.45, 7) is 6.56. The maximum Gasteiger partial charge on any atom is 0.346 e. The summed E-state index contributed by atoms with van der Waals surface area (Å²) in [5, 5.41) is 4.13. The van der Waals surface area contributed by atoms with Gasteiger partial charge in [0.2, 0.25) is 5.95 Å². The maximum absolute atomic E-state index is 12.6. The lowest BCUT2D eigenvalue weighted by Gasteiger charge is -2.38. The van der Waals surface area contributed by atoms with Gasteiger partial charge in [-0.2, -0.15) is 15.0 Å². The van der Waals surface area contributed by atoms with Gasteiger partial charge in [0.05, 0.1) is 6.04 Å². The first-order valence-electron chi connectivity index (χ1n) is 15.2. The Morgan fingerprint density at radius 1 is 0.974 bits per heavy atom. The van der Waals surface area contributed by atoms with Gasteiger partial charge in [0.1, 0.15) is 11.8 Å². The van der Waals surface area contributed by atoms with Gasteiger partial charge in [-0.3, -0.25) is 0 Å². The minimum atomic E-state index is -1.28. The fourth-order valence-corrected chi connectivity index (χ4v) is 7.30. The Morgan fingerprint density at radius 2 is 1.74 bits per heavy atom. The summed E-state index contributed by atoms with van der Waals surface area (Å²) in [4.78, 5) is 17.4. The highest BCUT2D eigenvalue weighted by atomic mass is 32.2. The zero-order valence-corrected chi connectivity index (χ0v) is 24.6. The van der Waals surface area contributed by atoms with Gasteiger partial charge >= 0.3 is 5.16 Å². The van der Waals surface area contributed by atoms with Crippen LogP contribution >= 0.6 is 0 Å². The van der Waals surface area contributed by atoms with Gasteiger partial charge in [0, 0.05) is 30.3 Å². The van der Waals surface area contributed by atoms with Crippen LogP contribution in [0, 0.1) is 17.8 Å². The molecule has 7 nitrogen and oxygen atoms in total. The van der Waals surface area contributed by atoms with E-state index < -0.39 is 11.2 Å². The van der Waals surface area contributed by atoms with E-state index in [2.05, 4.69) is 59.0 Å². The molecular formula is C31H44N6OS. The summed E-state index contributed by atoms with van der Waals surface area (Å²) in [5.74, 6) is 3.90.